The number of hydrogen-bond acceptors (Lipinski definition) is 7. The SMILES string of the molecule is CNC(C(=O)O)C(=O)OC(C)(C)C.O=C1CCC(=O)N1O. The van der Waals surface area contributed by atoms with E-state index in [1.165, 1.54) is 7.05 Å². The number of amides is 2. The smallest absolute Gasteiger partial charge is 0.335 e. The van der Waals surface area contributed by atoms with Gasteiger partial charge in [-0.15, -0.1) is 0 Å². The minimum atomic E-state index is -1.29. The maximum atomic E-state index is 11.2. The zero-order valence-corrected chi connectivity index (χ0v) is 12.4. The first-order chi connectivity index (χ1) is 9.49. The summed E-state index contributed by atoms with van der Waals surface area (Å²) in [6.45, 7) is 5.04. The Hall–Kier alpha value is -2.00. The second kappa shape index (κ2) is 7.70. The molecule has 9 heteroatoms. The van der Waals surface area contributed by atoms with E-state index in [1.807, 2.05) is 0 Å². The number of rotatable bonds is 3. The number of imide groups is 1. The molecule has 0 aromatic rings. The quantitative estimate of drug-likeness (QED) is 0.276. The number of aliphatic carboxylic acids is 1. The van der Waals surface area contributed by atoms with E-state index < -0.39 is 35.4 Å². The minimum absolute atomic E-state index is 0.148. The Morgan fingerprint density at radius 3 is 1.86 bits per heavy atom. The molecule has 0 aliphatic carbocycles. The Morgan fingerprint density at radius 1 is 1.24 bits per heavy atom. The third kappa shape index (κ3) is 6.82. The van der Waals surface area contributed by atoms with Gasteiger partial charge in [0.2, 0.25) is 6.04 Å². The van der Waals surface area contributed by atoms with Crippen LogP contribution in [0.1, 0.15) is 33.6 Å². The number of hydroxylamine groups is 2. The number of ether oxygens (including phenoxy) is 1. The molecule has 0 radical (unpaired) electrons. The van der Waals surface area contributed by atoms with E-state index in [-0.39, 0.29) is 17.9 Å². The van der Waals surface area contributed by atoms with Gasteiger partial charge in [-0.3, -0.25) is 20.1 Å². The number of nitrogens with one attached hydrogen (secondary N) is 1. The van der Waals surface area contributed by atoms with Crippen LogP contribution in [0.2, 0.25) is 0 Å². The van der Waals surface area contributed by atoms with E-state index in [9.17, 15) is 19.2 Å². The van der Waals surface area contributed by atoms with Gasteiger partial charge >= 0.3 is 11.9 Å². The summed E-state index contributed by atoms with van der Waals surface area (Å²) < 4.78 is 4.87. The second-order valence-electron chi connectivity index (χ2n) is 5.19. The lowest BCUT2D eigenvalue weighted by atomic mass is 10.2. The molecule has 1 atom stereocenters. The maximum Gasteiger partial charge on any atom is 0.335 e. The molecular formula is C12H20N2O7. The number of carboxylic acids is 1. The van der Waals surface area contributed by atoms with Gasteiger partial charge in [0.1, 0.15) is 5.60 Å². The molecule has 0 aromatic carbocycles. The van der Waals surface area contributed by atoms with Crippen molar-refractivity contribution in [1.29, 1.82) is 0 Å². The molecule has 2 amide bonds. The lowest BCUT2D eigenvalue weighted by Gasteiger charge is -2.21. The van der Waals surface area contributed by atoms with Crippen molar-refractivity contribution in [3.05, 3.63) is 0 Å². The first-order valence-corrected chi connectivity index (χ1v) is 6.17. The van der Waals surface area contributed by atoms with Crippen molar-refractivity contribution < 1.29 is 34.2 Å². The van der Waals surface area contributed by atoms with E-state index in [2.05, 4.69) is 5.32 Å². The van der Waals surface area contributed by atoms with Gasteiger partial charge in [-0.1, -0.05) is 0 Å². The molecule has 9 nitrogen and oxygen atoms in total. The molecule has 0 aromatic heterocycles. The summed E-state index contributed by atoms with van der Waals surface area (Å²) in [5.41, 5.74) is -0.665. The van der Waals surface area contributed by atoms with Crippen LogP contribution in [0, 0.1) is 0 Å². The standard InChI is InChI=1S/C8H15NO4.C4H5NO3/c1-8(2,3)13-7(12)5(9-4)6(10)11;6-3-1-2-4(7)5(3)8/h5,9H,1-4H3,(H,10,11);8H,1-2H2. The van der Waals surface area contributed by atoms with Gasteiger partial charge in [0.05, 0.1) is 0 Å². The summed E-state index contributed by atoms with van der Waals surface area (Å²) in [4.78, 5) is 42.1. The fourth-order valence-electron chi connectivity index (χ4n) is 1.27. The predicted octanol–water partition coefficient (Wildman–Crippen LogP) is -0.475. The van der Waals surface area contributed by atoms with Gasteiger partial charge in [-0.25, -0.2) is 9.59 Å². The third-order valence-electron chi connectivity index (χ3n) is 2.20. The van der Waals surface area contributed by atoms with Gasteiger partial charge < -0.3 is 9.84 Å². The molecule has 1 heterocycles. The van der Waals surface area contributed by atoms with Crippen molar-refractivity contribution in [2.75, 3.05) is 7.05 Å². The first kappa shape index (κ1) is 19.0. The molecule has 21 heavy (non-hydrogen) atoms. The van der Waals surface area contributed by atoms with Gasteiger partial charge in [0.15, 0.2) is 0 Å². The molecule has 1 saturated heterocycles. The fraction of sp³-hybridized carbons (Fsp3) is 0.667. The molecule has 1 aliphatic heterocycles. The average molecular weight is 304 g/mol. The average Bonchev–Trinajstić information content (AvgIpc) is 2.59. The molecule has 0 saturated carbocycles. The molecule has 1 aliphatic rings. The summed E-state index contributed by atoms with van der Waals surface area (Å²) in [5, 5.41) is 19.5. The lowest BCUT2D eigenvalue weighted by molar-refractivity contribution is -0.171. The first-order valence-electron chi connectivity index (χ1n) is 6.17. The number of esters is 1. The van der Waals surface area contributed by atoms with Crippen LogP contribution in [-0.4, -0.2) is 57.8 Å². The van der Waals surface area contributed by atoms with Crippen LogP contribution in [0.15, 0.2) is 0 Å². The van der Waals surface area contributed by atoms with Gasteiger partial charge in [0, 0.05) is 12.8 Å². The third-order valence-corrected chi connectivity index (χ3v) is 2.20. The van der Waals surface area contributed by atoms with Gasteiger partial charge in [0.25, 0.3) is 11.8 Å². The molecule has 120 valence electrons. The topological polar surface area (TPSA) is 133 Å². The number of nitrogens with zero attached hydrogens (tertiary/aromatic N) is 1. The maximum absolute atomic E-state index is 11.2. The van der Waals surface area contributed by atoms with E-state index >= 15 is 0 Å². The van der Waals surface area contributed by atoms with E-state index in [4.69, 9.17) is 15.1 Å². The van der Waals surface area contributed by atoms with Crippen LogP contribution in [0.25, 0.3) is 0 Å². The van der Waals surface area contributed by atoms with Crippen LogP contribution in [-0.2, 0) is 23.9 Å². The highest BCUT2D eigenvalue weighted by molar-refractivity contribution is 6.00. The van der Waals surface area contributed by atoms with Gasteiger partial charge in [-0.05, 0) is 27.8 Å². The Kier molecular flexibility index (Phi) is 6.96. The highest BCUT2D eigenvalue weighted by Crippen LogP contribution is 2.08. The Balaban J connectivity index is 0.000000423. The summed E-state index contributed by atoms with van der Waals surface area (Å²) in [6.07, 6.45) is 0.296. The number of carbonyl (C=O) groups is 4. The predicted molar refractivity (Wildman–Crippen MR) is 69.2 cm³/mol. The molecule has 0 spiro atoms. The second-order valence-corrected chi connectivity index (χ2v) is 5.19. The summed E-state index contributed by atoms with van der Waals surface area (Å²) >= 11 is 0. The van der Waals surface area contributed by atoms with Crippen molar-refractivity contribution in [2.24, 2.45) is 0 Å². The molecule has 1 rings (SSSR count). The zero-order chi connectivity index (χ0) is 16.8. The summed E-state index contributed by atoms with van der Waals surface area (Å²) in [5.74, 6) is -3.02. The Bertz CT molecular complexity index is 412. The molecule has 1 unspecified atom stereocenters. The van der Waals surface area contributed by atoms with Crippen LogP contribution in [0.5, 0.6) is 0 Å². The molecular weight excluding hydrogens is 284 g/mol. The van der Waals surface area contributed by atoms with Crippen molar-refractivity contribution in [3.8, 4) is 0 Å². The molecule has 3 N–H and O–H groups in total. The van der Waals surface area contributed by atoms with Crippen LogP contribution in [0.3, 0.4) is 0 Å². The van der Waals surface area contributed by atoms with E-state index in [1.54, 1.807) is 20.8 Å². The zero-order valence-electron chi connectivity index (χ0n) is 12.4. The van der Waals surface area contributed by atoms with Crippen LogP contribution in [0.4, 0.5) is 0 Å². The van der Waals surface area contributed by atoms with Crippen LogP contribution >= 0.6 is 0 Å². The van der Waals surface area contributed by atoms with E-state index in [0.29, 0.717) is 0 Å². The highest BCUT2D eigenvalue weighted by atomic mass is 16.6. The highest BCUT2D eigenvalue weighted by Gasteiger charge is 2.29. The lowest BCUT2D eigenvalue weighted by Crippen LogP contribution is -2.44. The van der Waals surface area contributed by atoms with Crippen molar-refractivity contribution >= 4 is 23.8 Å². The number of likely N-dealkylation sites (N-methyl/N-ethyl adjacent to an activating group) is 1. The van der Waals surface area contributed by atoms with Gasteiger partial charge in [-0.2, -0.15) is 5.06 Å². The Labute approximate surface area is 121 Å². The summed E-state index contributed by atoms with van der Waals surface area (Å²) in [6, 6.07) is -1.29. The normalized spacial score (nSPS) is 16.1. The molecule has 0 bridgehead atoms. The van der Waals surface area contributed by atoms with Crippen molar-refractivity contribution in [3.63, 3.8) is 0 Å². The fourth-order valence-corrected chi connectivity index (χ4v) is 1.27. The summed E-state index contributed by atoms with van der Waals surface area (Å²) in [7, 11) is 1.39. The number of carbonyl (C=O) groups excluding carboxylic acids is 3. The monoisotopic (exact) mass is 304 g/mol. The van der Waals surface area contributed by atoms with Crippen LogP contribution < -0.4 is 5.32 Å². The Morgan fingerprint density at radius 2 is 1.67 bits per heavy atom. The van der Waals surface area contributed by atoms with E-state index in [0.717, 1.165) is 0 Å². The number of carboxylic acid groups (broad SMARTS) is 1. The molecule has 1 fully saturated rings. The van der Waals surface area contributed by atoms with Crippen molar-refractivity contribution in [2.45, 2.75) is 45.3 Å². The van der Waals surface area contributed by atoms with Crippen molar-refractivity contribution in [1.82, 2.24) is 10.4 Å². The largest absolute Gasteiger partial charge is 0.480 e. The minimum Gasteiger partial charge on any atom is -0.480 e. The number of hydrogen-bond donors (Lipinski definition) is 3.